The first kappa shape index (κ1) is 16.1. The van der Waals surface area contributed by atoms with Gasteiger partial charge >= 0.3 is 0 Å². The molecule has 0 amide bonds. The van der Waals surface area contributed by atoms with Crippen LogP contribution in [0.25, 0.3) is 22.0 Å². The van der Waals surface area contributed by atoms with E-state index in [-0.39, 0.29) is 5.95 Å². The minimum Gasteiger partial charge on any atom is -0.496 e. The number of methoxy groups -OCH3 is 2. The predicted octanol–water partition coefficient (Wildman–Crippen LogP) is 3.77. The molecule has 0 aliphatic rings. The molecule has 0 saturated heterocycles. The summed E-state index contributed by atoms with van der Waals surface area (Å²) in [5.74, 6) is 1.93. The second-order valence-corrected chi connectivity index (χ2v) is 5.61. The van der Waals surface area contributed by atoms with Crippen molar-refractivity contribution >= 4 is 16.9 Å². The smallest absolute Gasteiger partial charge is 0.220 e. The zero-order chi connectivity index (χ0) is 17.3. The highest BCUT2D eigenvalue weighted by Crippen LogP contribution is 2.40. The van der Waals surface area contributed by atoms with Gasteiger partial charge in [0.25, 0.3) is 0 Å². The third-order valence-corrected chi connectivity index (χ3v) is 4.29. The molecule has 0 bridgehead atoms. The molecule has 3 rings (SSSR count). The molecule has 1 aromatic heterocycles. The highest BCUT2D eigenvalue weighted by molar-refractivity contribution is 5.87. The lowest BCUT2D eigenvalue weighted by atomic mass is 9.91. The van der Waals surface area contributed by atoms with E-state index in [1.165, 1.54) is 0 Å². The lowest BCUT2D eigenvalue weighted by Gasteiger charge is -2.19. The molecule has 2 aromatic carbocycles. The number of hydrogen-bond acceptors (Lipinski definition) is 5. The van der Waals surface area contributed by atoms with E-state index in [2.05, 4.69) is 35.9 Å². The van der Waals surface area contributed by atoms with Gasteiger partial charge < -0.3 is 15.2 Å². The maximum atomic E-state index is 5.66. The van der Waals surface area contributed by atoms with Crippen molar-refractivity contribution in [1.82, 2.24) is 9.97 Å². The highest BCUT2D eigenvalue weighted by atomic mass is 16.5. The van der Waals surface area contributed by atoms with E-state index in [4.69, 9.17) is 15.2 Å². The number of nitrogen functional groups attached to an aromatic ring is 1. The number of benzene rings is 2. The molecule has 24 heavy (non-hydrogen) atoms. The van der Waals surface area contributed by atoms with Gasteiger partial charge in [-0.2, -0.15) is 0 Å². The Morgan fingerprint density at radius 3 is 2.50 bits per heavy atom. The number of aromatic nitrogens is 2. The molecule has 0 atom stereocenters. The molecule has 1 heterocycles. The summed E-state index contributed by atoms with van der Waals surface area (Å²) in [6.45, 7) is 4.19. The van der Waals surface area contributed by atoms with E-state index in [1.54, 1.807) is 20.4 Å². The summed E-state index contributed by atoms with van der Waals surface area (Å²) in [6.07, 6.45) is 2.61. The molecule has 0 radical (unpaired) electrons. The van der Waals surface area contributed by atoms with E-state index in [1.807, 2.05) is 12.1 Å². The fourth-order valence-electron chi connectivity index (χ4n) is 3.13. The topological polar surface area (TPSA) is 70.3 Å². The molecule has 0 unspecified atom stereocenters. The van der Waals surface area contributed by atoms with E-state index >= 15 is 0 Å². The molecule has 5 nitrogen and oxygen atoms in total. The summed E-state index contributed by atoms with van der Waals surface area (Å²) in [7, 11) is 3.36. The van der Waals surface area contributed by atoms with Crippen LogP contribution in [0, 0.1) is 6.92 Å². The van der Waals surface area contributed by atoms with Crippen LogP contribution in [0.2, 0.25) is 0 Å². The molecular weight excluding hydrogens is 302 g/mol. The summed E-state index contributed by atoms with van der Waals surface area (Å²) >= 11 is 0. The molecule has 124 valence electrons. The predicted molar refractivity (Wildman–Crippen MR) is 96.6 cm³/mol. The summed E-state index contributed by atoms with van der Waals surface area (Å²) in [5.41, 5.74) is 11.0. The molecule has 0 fully saturated rings. The number of hydrogen-bond donors (Lipinski definition) is 1. The Morgan fingerprint density at radius 2 is 1.83 bits per heavy atom. The third kappa shape index (κ3) is 2.62. The molecule has 5 heteroatoms. The summed E-state index contributed by atoms with van der Waals surface area (Å²) in [4.78, 5) is 8.35. The summed E-state index contributed by atoms with van der Waals surface area (Å²) in [6, 6.07) is 8.04. The first-order valence-corrected chi connectivity index (χ1v) is 7.86. The van der Waals surface area contributed by atoms with Gasteiger partial charge in [0.1, 0.15) is 11.5 Å². The van der Waals surface area contributed by atoms with Crippen molar-refractivity contribution in [1.29, 1.82) is 0 Å². The Morgan fingerprint density at radius 1 is 1.08 bits per heavy atom. The van der Waals surface area contributed by atoms with Crippen LogP contribution in [0.3, 0.4) is 0 Å². The molecule has 0 saturated carbocycles. The van der Waals surface area contributed by atoms with Gasteiger partial charge in [0, 0.05) is 23.2 Å². The van der Waals surface area contributed by atoms with Crippen molar-refractivity contribution in [3.8, 4) is 22.6 Å². The monoisotopic (exact) mass is 323 g/mol. The van der Waals surface area contributed by atoms with Gasteiger partial charge in [-0.25, -0.2) is 9.97 Å². The van der Waals surface area contributed by atoms with Gasteiger partial charge in [-0.15, -0.1) is 0 Å². The fraction of sp³-hybridized carbons (Fsp3) is 0.263. The van der Waals surface area contributed by atoms with Crippen molar-refractivity contribution < 1.29 is 9.47 Å². The van der Waals surface area contributed by atoms with Gasteiger partial charge in [-0.1, -0.05) is 13.0 Å². The Hall–Kier alpha value is -2.82. The van der Waals surface area contributed by atoms with Gasteiger partial charge in [0.2, 0.25) is 5.95 Å². The molecule has 2 N–H and O–H groups in total. The van der Waals surface area contributed by atoms with Crippen molar-refractivity contribution in [3.63, 3.8) is 0 Å². The van der Waals surface area contributed by atoms with Crippen LogP contribution < -0.4 is 15.2 Å². The average molecular weight is 323 g/mol. The number of anilines is 1. The number of fused-ring (bicyclic) bond motifs is 1. The van der Waals surface area contributed by atoms with E-state index < -0.39 is 0 Å². The Kier molecular flexibility index (Phi) is 4.25. The fourth-order valence-corrected chi connectivity index (χ4v) is 3.13. The maximum absolute atomic E-state index is 5.66. The third-order valence-electron chi connectivity index (χ3n) is 4.29. The lowest BCUT2D eigenvalue weighted by Crippen LogP contribution is -2.00. The Bertz CT molecular complexity index is 907. The standard InChI is InChI=1S/C19H21N3O2/c1-5-14-17(24-4)9-16(23-3)11(2)18(14)12-6-7-15-13(8-12)10-21-19(20)22-15/h6-10H,5H2,1-4H3,(H2,20,21,22). The van der Waals surface area contributed by atoms with Crippen LogP contribution >= 0.6 is 0 Å². The SMILES string of the molecule is CCc1c(OC)cc(OC)c(C)c1-c1ccc2nc(N)ncc2c1. The van der Waals surface area contributed by atoms with E-state index in [9.17, 15) is 0 Å². The quantitative estimate of drug-likeness (QED) is 0.791. The minimum absolute atomic E-state index is 0.281. The average Bonchev–Trinajstić information content (AvgIpc) is 2.60. The number of nitrogens with two attached hydrogens (primary N) is 1. The first-order valence-electron chi connectivity index (χ1n) is 7.86. The van der Waals surface area contributed by atoms with Crippen LogP contribution in [0.1, 0.15) is 18.1 Å². The minimum atomic E-state index is 0.281. The Labute approximate surface area is 141 Å². The molecule has 0 spiro atoms. The maximum Gasteiger partial charge on any atom is 0.220 e. The number of ether oxygens (including phenoxy) is 2. The van der Waals surface area contributed by atoms with Crippen LogP contribution in [-0.4, -0.2) is 24.2 Å². The largest absolute Gasteiger partial charge is 0.496 e. The Balaban J connectivity index is 2.29. The molecular formula is C19H21N3O2. The van der Waals surface area contributed by atoms with Crippen LogP contribution in [0.4, 0.5) is 5.95 Å². The van der Waals surface area contributed by atoms with Gasteiger partial charge in [0.05, 0.1) is 19.7 Å². The van der Waals surface area contributed by atoms with Crippen molar-refractivity contribution in [3.05, 3.63) is 41.6 Å². The lowest BCUT2D eigenvalue weighted by molar-refractivity contribution is 0.390. The summed E-state index contributed by atoms with van der Waals surface area (Å²) in [5, 5.41) is 0.949. The van der Waals surface area contributed by atoms with Crippen LogP contribution in [-0.2, 0) is 6.42 Å². The van der Waals surface area contributed by atoms with Gasteiger partial charge in [-0.3, -0.25) is 0 Å². The van der Waals surface area contributed by atoms with Crippen molar-refractivity contribution in [2.45, 2.75) is 20.3 Å². The highest BCUT2D eigenvalue weighted by Gasteiger charge is 2.17. The second kappa shape index (κ2) is 6.35. The second-order valence-electron chi connectivity index (χ2n) is 5.61. The van der Waals surface area contributed by atoms with E-state index in [0.29, 0.717) is 0 Å². The summed E-state index contributed by atoms with van der Waals surface area (Å²) < 4.78 is 11.1. The number of nitrogens with zero attached hydrogens (tertiary/aromatic N) is 2. The number of rotatable bonds is 4. The zero-order valence-electron chi connectivity index (χ0n) is 14.4. The van der Waals surface area contributed by atoms with Crippen molar-refractivity contribution in [2.75, 3.05) is 20.0 Å². The zero-order valence-corrected chi connectivity index (χ0v) is 14.4. The van der Waals surface area contributed by atoms with Gasteiger partial charge in [-0.05, 0) is 42.2 Å². The molecule has 3 aromatic rings. The van der Waals surface area contributed by atoms with Crippen molar-refractivity contribution in [2.24, 2.45) is 0 Å². The van der Waals surface area contributed by atoms with Crippen LogP contribution in [0.5, 0.6) is 11.5 Å². The normalized spacial score (nSPS) is 10.8. The van der Waals surface area contributed by atoms with E-state index in [0.717, 1.165) is 51.1 Å². The molecule has 0 aliphatic heterocycles. The van der Waals surface area contributed by atoms with Gasteiger partial charge in [0.15, 0.2) is 0 Å². The first-order chi connectivity index (χ1) is 11.6. The molecule has 0 aliphatic carbocycles. The van der Waals surface area contributed by atoms with Crippen LogP contribution in [0.15, 0.2) is 30.5 Å².